The summed E-state index contributed by atoms with van der Waals surface area (Å²) in [6.07, 6.45) is 2.40. The van der Waals surface area contributed by atoms with Crippen molar-refractivity contribution in [2.24, 2.45) is 5.41 Å². The molecule has 278 valence electrons. The zero-order valence-electron chi connectivity index (χ0n) is 31.7. The first-order valence-electron chi connectivity index (χ1n) is 18.5. The van der Waals surface area contributed by atoms with Gasteiger partial charge in [-0.25, -0.2) is 14.2 Å². The van der Waals surface area contributed by atoms with Gasteiger partial charge >= 0.3 is 5.97 Å². The van der Waals surface area contributed by atoms with E-state index in [1.165, 1.54) is 12.1 Å². The van der Waals surface area contributed by atoms with Crippen molar-refractivity contribution in [1.29, 1.82) is 0 Å². The highest BCUT2D eigenvalue weighted by molar-refractivity contribution is 5.92. The van der Waals surface area contributed by atoms with Crippen LogP contribution in [0.4, 0.5) is 15.9 Å². The number of carboxylic acid groups (broad SMARTS) is 1. The summed E-state index contributed by atoms with van der Waals surface area (Å²) in [6, 6.07) is 14.5. The highest BCUT2D eigenvalue weighted by atomic mass is 19.1. The average Bonchev–Trinajstić information content (AvgIpc) is 3.07. The molecule has 0 unspecified atom stereocenters. The number of nitrogens with zero attached hydrogens (tertiary/aromatic N) is 4. The summed E-state index contributed by atoms with van der Waals surface area (Å²) in [5.41, 5.74) is 4.46. The second-order valence-electron chi connectivity index (χ2n) is 16.0. The van der Waals surface area contributed by atoms with Crippen molar-refractivity contribution in [1.82, 2.24) is 14.8 Å². The van der Waals surface area contributed by atoms with Crippen LogP contribution in [0.15, 0.2) is 48.5 Å². The van der Waals surface area contributed by atoms with Gasteiger partial charge in [-0.05, 0) is 101 Å². The summed E-state index contributed by atoms with van der Waals surface area (Å²) in [6.45, 7) is 20.3. The fourth-order valence-corrected chi connectivity index (χ4v) is 6.90. The van der Waals surface area contributed by atoms with Crippen molar-refractivity contribution in [3.8, 4) is 16.9 Å². The lowest BCUT2D eigenvalue weighted by Crippen LogP contribution is -2.44. The van der Waals surface area contributed by atoms with Crippen LogP contribution in [0.1, 0.15) is 76.8 Å². The summed E-state index contributed by atoms with van der Waals surface area (Å²) in [7, 11) is 2.17. The molecule has 2 aromatic carbocycles. The number of carboxylic acids is 1. The summed E-state index contributed by atoms with van der Waals surface area (Å²) in [4.78, 5) is 25.4. The predicted molar refractivity (Wildman–Crippen MR) is 203 cm³/mol. The van der Waals surface area contributed by atoms with Gasteiger partial charge in [0.15, 0.2) is 6.10 Å². The number of carbonyl (C=O) groups is 1. The topological polar surface area (TPSA) is 90.4 Å². The third-order valence-corrected chi connectivity index (χ3v) is 10.0. The molecule has 2 fully saturated rings. The van der Waals surface area contributed by atoms with Crippen LogP contribution in [0.2, 0.25) is 0 Å². The lowest BCUT2D eigenvalue weighted by atomic mass is 9.82. The summed E-state index contributed by atoms with van der Waals surface area (Å²) in [5.74, 6) is 0.195. The van der Waals surface area contributed by atoms with E-state index in [9.17, 15) is 14.3 Å². The van der Waals surface area contributed by atoms with Crippen molar-refractivity contribution >= 4 is 17.5 Å². The van der Waals surface area contributed by atoms with Crippen molar-refractivity contribution < 1.29 is 23.8 Å². The van der Waals surface area contributed by atoms with E-state index < -0.39 is 17.7 Å². The standard InChI is InChI=1S/C41H58FN5O4/c1-29-34(37(39(48)49)51-40(2,3)4)36(47-22-18-41(5,6)19-23-47)35(38(44-29)43-20-8-21-46-26-24-45(7)25-27-46)31-11-15-33(16-12-31)50-28-17-30-9-13-32(42)14-10-30/h9-16,37H,8,17-28H2,1-7H3,(H,43,44)(H,48,49)/t37-/m0/s1. The number of hydrogen-bond donors (Lipinski definition) is 2. The molecule has 51 heavy (non-hydrogen) atoms. The highest BCUT2D eigenvalue weighted by Crippen LogP contribution is 2.46. The fraction of sp³-hybridized carbons (Fsp3) is 0.561. The number of ether oxygens (including phenoxy) is 2. The summed E-state index contributed by atoms with van der Waals surface area (Å²) in [5, 5.41) is 14.3. The van der Waals surface area contributed by atoms with Crippen LogP contribution in [0.3, 0.4) is 0 Å². The van der Waals surface area contributed by atoms with Crippen LogP contribution in [0, 0.1) is 18.2 Å². The Hall–Kier alpha value is -3.73. The van der Waals surface area contributed by atoms with E-state index in [0.29, 0.717) is 24.3 Å². The SMILES string of the molecule is Cc1nc(NCCCN2CCN(C)CC2)c(-c2ccc(OCCc3ccc(F)cc3)cc2)c(N2CCC(C)(C)CC2)c1[C@H](OC(C)(C)C)C(=O)O. The van der Waals surface area contributed by atoms with Gasteiger partial charge in [-0.1, -0.05) is 38.1 Å². The molecular formula is C41H58FN5O4. The van der Waals surface area contributed by atoms with Gasteiger partial charge in [-0.3, -0.25) is 0 Å². The molecule has 1 aromatic heterocycles. The molecule has 0 spiro atoms. The molecule has 9 nitrogen and oxygen atoms in total. The van der Waals surface area contributed by atoms with Crippen molar-refractivity contribution in [3.63, 3.8) is 0 Å². The van der Waals surface area contributed by atoms with Crippen LogP contribution < -0.4 is 15.0 Å². The second kappa shape index (κ2) is 16.7. The molecular weight excluding hydrogens is 645 g/mol. The number of aromatic nitrogens is 1. The lowest BCUT2D eigenvalue weighted by Gasteiger charge is -2.41. The predicted octanol–water partition coefficient (Wildman–Crippen LogP) is 7.43. The smallest absolute Gasteiger partial charge is 0.337 e. The molecule has 2 N–H and O–H groups in total. The molecule has 1 atom stereocenters. The maximum absolute atomic E-state index is 13.4. The average molecular weight is 704 g/mol. The minimum atomic E-state index is -1.19. The quantitative estimate of drug-likeness (QED) is 0.166. The maximum Gasteiger partial charge on any atom is 0.337 e. The second-order valence-corrected chi connectivity index (χ2v) is 16.0. The van der Waals surface area contributed by atoms with E-state index in [2.05, 4.69) is 40.9 Å². The number of pyridine rings is 1. The van der Waals surface area contributed by atoms with E-state index in [1.54, 1.807) is 12.1 Å². The number of piperidine rings is 1. The number of rotatable bonds is 14. The van der Waals surface area contributed by atoms with Gasteiger partial charge in [-0.15, -0.1) is 0 Å². The first-order valence-corrected chi connectivity index (χ1v) is 18.5. The van der Waals surface area contributed by atoms with E-state index in [1.807, 2.05) is 52.0 Å². The molecule has 0 bridgehead atoms. The van der Waals surface area contributed by atoms with Crippen LogP contribution in [0.5, 0.6) is 5.75 Å². The van der Waals surface area contributed by atoms with Crippen LogP contribution >= 0.6 is 0 Å². The minimum absolute atomic E-state index is 0.199. The Morgan fingerprint density at radius 2 is 1.65 bits per heavy atom. The molecule has 2 saturated heterocycles. The lowest BCUT2D eigenvalue weighted by molar-refractivity contribution is -0.160. The summed E-state index contributed by atoms with van der Waals surface area (Å²) < 4.78 is 25.8. The Balaban J connectivity index is 1.51. The zero-order chi connectivity index (χ0) is 36.8. The fourth-order valence-electron chi connectivity index (χ4n) is 6.90. The van der Waals surface area contributed by atoms with Gasteiger partial charge in [0.25, 0.3) is 0 Å². The number of halogens is 1. The molecule has 3 aromatic rings. The monoisotopic (exact) mass is 703 g/mol. The molecule has 0 saturated carbocycles. The first-order chi connectivity index (χ1) is 24.2. The highest BCUT2D eigenvalue weighted by Gasteiger charge is 2.37. The number of aryl methyl sites for hydroxylation is 1. The Bertz CT molecular complexity index is 1590. The maximum atomic E-state index is 13.4. The summed E-state index contributed by atoms with van der Waals surface area (Å²) >= 11 is 0. The zero-order valence-corrected chi connectivity index (χ0v) is 31.7. The molecule has 0 radical (unpaired) electrons. The normalized spacial score (nSPS) is 17.7. The van der Waals surface area contributed by atoms with E-state index in [-0.39, 0.29) is 11.2 Å². The van der Waals surface area contributed by atoms with Gasteiger partial charge in [0.05, 0.1) is 17.9 Å². The number of piperazine rings is 1. The third kappa shape index (κ3) is 10.7. The Kier molecular flexibility index (Phi) is 12.6. The first kappa shape index (κ1) is 38.5. The number of nitrogens with one attached hydrogen (secondary N) is 1. The molecule has 5 rings (SSSR count). The van der Waals surface area contributed by atoms with Gasteiger partial charge < -0.3 is 34.6 Å². The number of aliphatic carboxylic acids is 1. The minimum Gasteiger partial charge on any atom is -0.493 e. The Morgan fingerprint density at radius 1 is 1.00 bits per heavy atom. The largest absolute Gasteiger partial charge is 0.493 e. The van der Waals surface area contributed by atoms with Crippen LogP contribution in [-0.2, 0) is 16.0 Å². The number of likely N-dealkylation sites (N-methyl/N-ethyl adjacent to an activating group) is 1. The number of anilines is 2. The molecule has 2 aliphatic heterocycles. The van der Waals surface area contributed by atoms with Gasteiger partial charge in [0, 0.05) is 69.1 Å². The molecule has 3 heterocycles. The van der Waals surface area contributed by atoms with Crippen LogP contribution in [-0.4, -0.2) is 97.5 Å². The molecule has 10 heteroatoms. The van der Waals surface area contributed by atoms with Crippen molar-refractivity contribution in [2.75, 3.05) is 76.2 Å². The molecule has 0 amide bonds. The molecule has 2 aliphatic rings. The van der Waals surface area contributed by atoms with E-state index >= 15 is 0 Å². The number of hydrogen-bond acceptors (Lipinski definition) is 8. The Morgan fingerprint density at radius 3 is 2.25 bits per heavy atom. The number of benzene rings is 2. The Labute approximate surface area is 304 Å². The van der Waals surface area contributed by atoms with Crippen LogP contribution in [0.25, 0.3) is 11.1 Å². The van der Waals surface area contributed by atoms with Gasteiger partial charge in [0.1, 0.15) is 17.4 Å². The van der Waals surface area contributed by atoms with Gasteiger partial charge in [0.2, 0.25) is 0 Å². The van der Waals surface area contributed by atoms with E-state index in [0.717, 1.165) is 106 Å². The van der Waals surface area contributed by atoms with Gasteiger partial charge in [-0.2, -0.15) is 0 Å². The molecule has 0 aliphatic carbocycles. The third-order valence-electron chi connectivity index (χ3n) is 10.0. The van der Waals surface area contributed by atoms with E-state index in [4.69, 9.17) is 14.5 Å². The van der Waals surface area contributed by atoms with Crippen molar-refractivity contribution in [3.05, 3.63) is 71.2 Å². The van der Waals surface area contributed by atoms with Crippen molar-refractivity contribution in [2.45, 2.75) is 78.9 Å².